The van der Waals surface area contributed by atoms with E-state index in [-0.39, 0.29) is 6.09 Å². The summed E-state index contributed by atoms with van der Waals surface area (Å²) >= 11 is 0. The highest BCUT2D eigenvalue weighted by molar-refractivity contribution is 5.67. The fraction of sp³-hybridized carbons (Fsp3) is 0.941. The van der Waals surface area contributed by atoms with Crippen LogP contribution < -0.4 is 10.6 Å². The van der Waals surface area contributed by atoms with Gasteiger partial charge in [0.1, 0.15) is 5.60 Å². The first kappa shape index (κ1) is 18.3. The van der Waals surface area contributed by atoms with Gasteiger partial charge in [-0.05, 0) is 58.4 Å². The largest absolute Gasteiger partial charge is 0.444 e. The molecule has 1 saturated carbocycles. The molecule has 0 aromatic heterocycles. The Balaban J connectivity index is 2.23. The summed E-state index contributed by atoms with van der Waals surface area (Å²) < 4.78 is 5.26. The minimum atomic E-state index is -0.433. The van der Waals surface area contributed by atoms with Crippen molar-refractivity contribution in [1.82, 2.24) is 10.6 Å². The number of carbonyl (C=O) groups is 1. The van der Waals surface area contributed by atoms with Crippen molar-refractivity contribution in [3.63, 3.8) is 0 Å². The molecule has 0 heterocycles. The minimum Gasteiger partial charge on any atom is -0.444 e. The SMILES string of the molecule is CCC(CNC(=O)OC(C)(C)C)NCC1CCCC(C)C1. The third-order valence-electron chi connectivity index (χ3n) is 4.12. The van der Waals surface area contributed by atoms with Gasteiger partial charge in [-0.1, -0.05) is 26.7 Å². The Bertz CT molecular complexity index is 312. The van der Waals surface area contributed by atoms with E-state index in [0.717, 1.165) is 24.8 Å². The van der Waals surface area contributed by atoms with Crippen molar-refractivity contribution in [3.05, 3.63) is 0 Å². The lowest BCUT2D eigenvalue weighted by Gasteiger charge is -2.29. The molecule has 21 heavy (non-hydrogen) atoms. The predicted molar refractivity (Wildman–Crippen MR) is 87.4 cm³/mol. The van der Waals surface area contributed by atoms with E-state index < -0.39 is 5.60 Å². The summed E-state index contributed by atoms with van der Waals surface area (Å²) in [6.07, 6.45) is 6.11. The number of hydrogen-bond donors (Lipinski definition) is 2. The molecule has 124 valence electrons. The van der Waals surface area contributed by atoms with Crippen LogP contribution in [0, 0.1) is 11.8 Å². The molecular weight excluding hydrogens is 264 g/mol. The smallest absolute Gasteiger partial charge is 0.407 e. The fourth-order valence-electron chi connectivity index (χ4n) is 2.96. The van der Waals surface area contributed by atoms with E-state index in [1.807, 2.05) is 20.8 Å². The van der Waals surface area contributed by atoms with Gasteiger partial charge in [0.25, 0.3) is 0 Å². The lowest BCUT2D eigenvalue weighted by molar-refractivity contribution is 0.0521. The Morgan fingerprint density at radius 1 is 1.33 bits per heavy atom. The molecule has 4 nitrogen and oxygen atoms in total. The Kier molecular flexibility index (Phi) is 7.50. The molecule has 2 N–H and O–H groups in total. The summed E-state index contributed by atoms with van der Waals surface area (Å²) in [5, 5.41) is 6.47. The Hall–Kier alpha value is -0.770. The van der Waals surface area contributed by atoms with Crippen LogP contribution >= 0.6 is 0 Å². The van der Waals surface area contributed by atoms with Gasteiger partial charge in [0.15, 0.2) is 0 Å². The van der Waals surface area contributed by atoms with Gasteiger partial charge in [0.05, 0.1) is 0 Å². The summed E-state index contributed by atoms with van der Waals surface area (Å²) in [6.45, 7) is 11.9. The molecule has 1 aliphatic rings. The number of carbonyl (C=O) groups excluding carboxylic acids is 1. The van der Waals surface area contributed by atoms with Crippen molar-refractivity contribution in [3.8, 4) is 0 Å². The lowest BCUT2D eigenvalue weighted by Crippen LogP contribution is -2.44. The van der Waals surface area contributed by atoms with Crippen LogP contribution in [-0.4, -0.2) is 30.8 Å². The van der Waals surface area contributed by atoms with Crippen LogP contribution in [0.3, 0.4) is 0 Å². The third-order valence-corrected chi connectivity index (χ3v) is 4.12. The molecule has 0 radical (unpaired) electrons. The summed E-state index contributed by atoms with van der Waals surface area (Å²) in [7, 11) is 0. The molecule has 0 saturated heterocycles. The number of amides is 1. The van der Waals surface area contributed by atoms with Gasteiger partial charge >= 0.3 is 6.09 Å². The minimum absolute atomic E-state index is 0.325. The van der Waals surface area contributed by atoms with E-state index in [2.05, 4.69) is 24.5 Å². The van der Waals surface area contributed by atoms with Gasteiger partial charge in [-0.25, -0.2) is 4.79 Å². The van der Waals surface area contributed by atoms with Gasteiger partial charge in [0, 0.05) is 12.6 Å². The second kappa shape index (κ2) is 8.62. The topological polar surface area (TPSA) is 50.4 Å². The molecule has 3 unspecified atom stereocenters. The Morgan fingerprint density at radius 2 is 2.05 bits per heavy atom. The molecule has 3 atom stereocenters. The number of alkyl carbamates (subject to hydrolysis) is 1. The first-order valence-electron chi connectivity index (χ1n) is 8.50. The Labute approximate surface area is 130 Å². The molecule has 0 aliphatic heterocycles. The van der Waals surface area contributed by atoms with Gasteiger partial charge in [-0.3, -0.25) is 0 Å². The number of rotatable bonds is 6. The highest BCUT2D eigenvalue weighted by atomic mass is 16.6. The average Bonchev–Trinajstić information content (AvgIpc) is 2.37. The molecule has 0 aromatic rings. The van der Waals surface area contributed by atoms with Crippen LogP contribution in [0.25, 0.3) is 0 Å². The average molecular weight is 298 g/mol. The van der Waals surface area contributed by atoms with Crippen LogP contribution in [0.15, 0.2) is 0 Å². The monoisotopic (exact) mass is 298 g/mol. The number of ether oxygens (including phenoxy) is 1. The Morgan fingerprint density at radius 3 is 2.62 bits per heavy atom. The van der Waals surface area contributed by atoms with Gasteiger partial charge in [-0.2, -0.15) is 0 Å². The van der Waals surface area contributed by atoms with E-state index >= 15 is 0 Å². The zero-order valence-electron chi connectivity index (χ0n) is 14.5. The zero-order chi connectivity index (χ0) is 15.9. The van der Waals surface area contributed by atoms with Crippen molar-refractivity contribution in [2.75, 3.05) is 13.1 Å². The first-order chi connectivity index (χ1) is 9.80. The molecule has 1 amide bonds. The maximum Gasteiger partial charge on any atom is 0.407 e. The molecule has 0 spiro atoms. The summed E-state index contributed by atoms with van der Waals surface area (Å²) in [5.74, 6) is 1.66. The van der Waals surface area contributed by atoms with Gasteiger partial charge in [-0.15, -0.1) is 0 Å². The molecule has 4 heteroatoms. The second-order valence-corrected chi connectivity index (χ2v) is 7.53. The van der Waals surface area contributed by atoms with E-state index in [1.54, 1.807) is 0 Å². The number of nitrogens with one attached hydrogen (secondary N) is 2. The normalized spacial score (nSPS) is 24.4. The van der Waals surface area contributed by atoms with E-state index in [0.29, 0.717) is 12.6 Å². The van der Waals surface area contributed by atoms with Crippen molar-refractivity contribution < 1.29 is 9.53 Å². The van der Waals surface area contributed by atoms with Crippen molar-refractivity contribution in [2.45, 2.75) is 78.4 Å². The van der Waals surface area contributed by atoms with Crippen LogP contribution in [0.2, 0.25) is 0 Å². The third kappa shape index (κ3) is 8.30. The predicted octanol–water partition coefficient (Wildman–Crippen LogP) is 3.71. The standard InChI is InChI=1S/C17H34N2O2/c1-6-15(12-19-16(20)21-17(3,4)5)18-11-14-9-7-8-13(2)10-14/h13-15,18H,6-12H2,1-5H3,(H,19,20). The van der Waals surface area contributed by atoms with Gasteiger partial charge in [0.2, 0.25) is 0 Å². The molecule has 0 bridgehead atoms. The quantitative estimate of drug-likeness (QED) is 0.786. The molecule has 0 aromatic carbocycles. The van der Waals surface area contributed by atoms with E-state index in [9.17, 15) is 4.79 Å². The summed E-state index contributed by atoms with van der Waals surface area (Å²) in [4.78, 5) is 11.7. The van der Waals surface area contributed by atoms with Crippen molar-refractivity contribution in [1.29, 1.82) is 0 Å². The van der Waals surface area contributed by atoms with Crippen molar-refractivity contribution in [2.24, 2.45) is 11.8 Å². The number of hydrogen-bond acceptors (Lipinski definition) is 3. The van der Waals surface area contributed by atoms with Crippen molar-refractivity contribution >= 4 is 6.09 Å². The molecule has 1 fully saturated rings. The van der Waals surface area contributed by atoms with Crippen LogP contribution in [0.1, 0.15) is 66.7 Å². The lowest BCUT2D eigenvalue weighted by atomic mass is 9.82. The fourth-order valence-corrected chi connectivity index (χ4v) is 2.96. The van der Waals surface area contributed by atoms with Crippen LogP contribution in [0.4, 0.5) is 4.79 Å². The summed E-state index contributed by atoms with van der Waals surface area (Å²) in [6, 6.07) is 0.328. The highest BCUT2D eigenvalue weighted by Crippen LogP contribution is 2.27. The van der Waals surface area contributed by atoms with Gasteiger partial charge < -0.3 is 15.4 Å². The maximum absolute atomic E-state index is 11.7. The summed E-state index contributed by atoms with van der Waals surface area (Å²) in [5.41, 5.74) is -0.433. The molecule has 1 rings (SSSR count). The highest BCUT2D eigenvalue weighted by Gasteiger charge is 2.20. The second-order valence-electron chi connectivity index (χ2n) is 7.53. The van der Waals surface area contributed by atoms with Crippen LogP contribution in [-0.2, 0) is 4.74 Å². The zero-order valence-corrected chi connectivity index (χ0v) is 14.5. The first-order valence-corrected chi connectivity index (χ1v) is 8.50. The maximum atomic E-state index is 11.7. The van der Waals surface area contributed by atoms with E-state index in [1.165, 1.54) is 25.7 Å². The molecule has 1 aliphatic carbocycles. The van der Waals surface area contributed by atoms with E-state index in [4.69, 9.17) is 4.74 Å². The van der Waals surface area contributed by atoms with Crippen LogP contribution in [0.5, 0.6) is 0 Å². The molecular formula is C17H34N2O2.